The number of amides is 1. The van der Waals surface area contributed by atoms with Crippen molar-refractivity contribution in [3.05, 3.63) is 34.0 Å². The number of carbonyl (C=O) groups is 1. The van der Waals surface area contributed by atoms with Crippen molar-refractivity contribution in [1.82, 2.24) is 9.80 Å². The van der Waals surface area contributed by atoms with Gasteiger partial charge in [0.2, 0.25) is 0 Å². The lowest BCUT2D eigenvalue weighted by molar-refractivity contribution is 0.0744. The third kappa shape index (κ3) is 4.17. The van der Waals surface area contributed by atoms with Gasteiger partial charge in [0, 0.05) is 20.1 Å². The molecule has 0 aliphatic carbocycles. The summed E-state index contributed by atoms with van der Waals surface area (Å²) < 4.78 is 0. The third-order valence-corrected chi connectivity index (χ3v) is 5.01. The van der Waals surface area contributed by atoms with Crippen molar-refractivity contribution in [1.29, 1.82) is 0 Å². The highest BCUT2D eigenvalue weighted by atomic mass is 32.1. The molecule has 21 heavy (non-hydrogen) atoms. The summed E-state index contributed by atoms with van der Waals surface area (Å²) in [7, 11) is 4.11. The van der Waals surface area contributed by atoms with Crippen LogP contribution in [0.5, 0.6) is 0 Å². The van der Waals surface area contributed by atoms with E-state index in [2.05, 4.69) is 24.9 Å². The van der Waals surface area contributed by atoms with E-state index in [-0.39, 0.29) is 11.9 Å². The first-order valence-electron chi connectivity index (χ1n) is 7.81. The zero-order chi connectivity index (χ0) is 15.2. The van der Waals surface area contributed by atoms with Gasteiger partial charge in [0.05, 0.1) is 10.9 Å². The van der Waals surface area contributed by atoms with Crippen LogP contribution in [0.4, 0.5) is 0 Å². The molecule has 116 valence electrons. The van der Waals surface area contributed by atoms with Crippen LogP contribution in [0, 0.1) is 0 Å². The second-order valence-corrected chi connectivity index (χ2v) is 6.80. The normalized spacial score (nSPS) is 17.4. The fourth-order valence-corrected chi connectivity index (χ4v) is 3.61. The number of hydrogen-bond donors (Lipinski definition) is 0. The number of likely N-dealkylation sites (N-methyl/N-ethyl adjacent to an activating group) is 2. The predicted molar refractivity (Wildman–Crippen MR) is 89.9 cm³/mol. The first kappa shape index (κ1) is 16.2. The molecule has 2 rings (SSSR count). The highest BCUT2D eigenvalue weighted by Gasteiger charge is 2.26. The molecule has 2 heterocycles. The molecule has 0 saturated carbocycles. The average Bonchev–Trinajstić information content (AvgIpc) is 3.01. The van der Waals surface area contributed by atoms with E-state index >= 15 is 0 Å². The molecule has 0 radical (unpaired) electrons. The monoisotopic (exact) mass is 306 g/mol. The Labute approximate surface area is 132 Å². The van der Waals surface area contributed by atoms with Gasteiger partial charge >= 0.3 is 0 Å². The molecule has 4 heteroatoms. The fourth-order valence-electron chi connectivity index (χ4n) is 2.91. The van der Waals surface area contributed by atoms with Crippen molar-refractivity contribution in [3.63, 3.8) is 0 Å². The predicted octanol–water partition coefficient (Wildman–Crippen LogP) is 3.64. The number of rotatable bonds is 6. The van der Waals surface area contributed by atoms with Crippen molar-refractivity contribution in [2.45, 2.75) is 38.6 Å². The molecule has 0 unspecified atom stereocenters. The van der Waals surface area contributed by atoms with Gasteiger partial charge in [-0.3, -0.25) is 4.79 Å². The van der Waals surface area contributed by atoms with Gasteiger partial charge in [-0.15, -0.1) is 11.3 Å². The number of thiophene rings is 1. The molecule has 1 amide bonds. The summed E-state index contributed by atoms with van der Waals surface area (Å²) >= 11 is 1.53. The summed E-state index contributed by atoms with van der Waals surface area (Å²) in [5.41, 5.74) is 1.41. The zero-order valence-electron chi connectivity index (χ0n) is 13.3. The Bertz CT molecular complexity index is 481. The Balaban J connectivity index is 2.14. The van der Waals surface area contributed by atoms with Crippen molar-refractivity contribution in [3.8, 4) is 0 Å². The largest absolute Gasteiger partial charge is 0.334 e. The molecule has 0 saturated heterocycles. The number of carbonyl (C=O) groups excluding carboxylic acids is 1. The van der Waals surface area contributed by atoms with Crippen LogP contribution in [-0.2, 0) is 0 Å². The van der Waals surface area contributed by atoms with Gasteiger partial charge in [-0.2, -0.15) is 0 Å². The lowest BCUT2D eigenvalue weighted by atomic mass is 9.96. The molecule has 0 spiro atoms. The molecule has 3 nitrogen and oxygen atoms in total. The lowest BCUT2D eigenvalue weighted by Gasteiger charge is -2.34. The van der Waals surface area contributed by atoms with E-state index in [1.807, 2.05) is 29.5 Å². The van der Waals surface area contributed by atoms with Crippen molar-refractivity contribution < 1.29 is 4.79 Å². The second-order valence-electron chi connectivity index (χ2n) is 5.86. The molecule has 1 aliphatic heterocycles. The van der Waals surface area contributed by atoms with Crippen LogP contribution in [0.3, 0.4) is 0 Å². The average molecular weight is 306 g/mol. The Kier molecular flexibility index (Phi) is 6.00. The van der Waals surface area contributed by atoms with E-state index in [0.717, 1.165) is 37.2 Å². The fraction of sp³-hybridized carbons (Fsp3) is 0.588. The molecule has 1 aromatic rings. The molecule has 0 N–H and O–H groups in total. The van der Waals surface area contributed by atoms with Crippen LogP contribution in [0.2, 0.25) is 0 Å². The summed E-state index contributed by atoms with van der Waals surface area (Å²) in [6.07, 6.45) is 6.83. The van der Waals surface area contributed by atoms with Gasteiger partial charge in [0.1, 0.15) is 0 Å². The number of unbranched alkanes of at least 4 members (excludes halogenated alkanes) is 1. The molecule has 1 aromatic heterocycles. The minimum atomic E-state index is 0.153. The summed E-state index contributed by atoms with van der Waals surface area (Å²) in [5, 5.41) is 1.97. The van der Waals surface area contributed by atoms with E-state index in [4.69, 9.17) is 0 Å². The van der Waals surface area contributed by atoms with Crippen molar-refractivity contribution in [2.24, 2.45) is 0 Å². The first-order chi connectivity index (χ1) is 10.1. The zero-order valence-corrected chi connectivity index (χ0v) is 14.2. The molecule has 1 aliphatic rings. The lowest BCUT2D eigenvalue weighted by Crippen LogP contribution is -2.42. The minimum absolute atomic E-state index is 0.153. The molecule has 0 aromatic carbocycles. The summed E-state index contributed by atoms with van der Waals surface area (Å²) in [6.45, 7) is 4.31. The standard InChI is InChI=1S/C17H26N2OS/c1-4-5-9-15(14-8-6-11-18(2)13-14)19(3)17(20)16-10-7-12-21-16/h7-8,10,12,15H,4-6,9,11,13H2,1-3H3/t15-/m0/s1. The van der Waals surface area contributed by atoms with Crippen molar-refractivity contribution in [2.75, 3.05) is 27.2 Å². The quantitative estimate of drug-likeness (QED) is 0.749. The Hall–Kier alpha value is -1.13. The van der Waals surface area contributed by atoms with Crippen LogP contribution in [0.25, 0.3) is 0 Å². The van der Waals surface area contributed by atoms with E-state index in [1.165, 1.54) is 23.3 Å². The van der Waals surface area contributed by atoms with Crippen molar-refractivity contribution >= 4 is 17.2 Å². The maximum atomic E-state index is 12.6. The smallest absolute Gasteiger partial charge is 0.264 e. The maximum Gasteiger partial charge on any atom is 0.264 e. The van der Waals surface area contributed by atoms with E-state index in [9.17, 15) is 4.79 Å². The summed E-state index contributed by atoms with van der Waals surface area (Å²) in [5.74, 6) is 0.153. The topological polar surface area (TPSA) is 23.6 Å². The second kappa shape index (κ2) is 7.76. The third-order valence-electron chi connectivity index (χ3n) is 4.15. The molecular formula is C17H26N2OS. The highest BCUT2D eigenvalue weighted by molar-refractivity contribution is 7.12. The van der Waals surface area contributed by atoms with Crippen LogP contribution in [0.1, 0.15) is 42.3 Å². The van der Waals surface area contributed by atoms with Crippen LogP contribution >= 0.6 is 11.3 Å². The SMILES string of the molecule is CCCC[C@@H](C1=CCCN(C)C1)N(C)C(=O)c1cccs1. The molecule has 0 bridgehead atoms. The molecule has 0 fully saturated rings. The Morgan fingerprint density at radius 2 is 2.33 bits per heavy atom. The number of nitrogens with zero attached hydrogens (tertiary/aromatic N) is 2. The molecular weight excluding hydrogens is 280 g/mol. The Morgan fingerprint density at radius 3 is 2.95 bits per heavy atom. The van der Waals surface area contributed by atoms with E-state index < -0.39 is 0 Å². The van der Waals surface area contributed by atoms with E-state index in [0.29, 0.717) is 0 Å². The van der Waals surface area contributed by atoms with Crippen LogP contribution < -0.4 is 0 Å². The van der Waals surface area contributed by atoms with Gasteiger partial charge in [-0.05, 0) is 36.9 Å². The van der Waals surface area contributed by atoms with Gasteiger partial charge in [-0.25, -0.2) is 0 Å². The van der Waals surface area contributed by atoms with Gasteiger partial charge in [-0.1, -0.05) is 31.9 Å². The maximum absolute atomic E-state index is 12.6. The minimum Gasteiger partial charge on any atom is -0.334 e. The van der Waals surface area contributed by atoms with Crippen LogP contribution in [-0.4, -0.2) is 48.9 Å². The highest BCUT2D eigenvalue weighted by Crippen LogP contribution is 2.23. The van der Waals surface area contributed by atoms with Gasteiger partial charge in [0.25, 0.3) is 5.91 Å². The van der Waals surface area contributed by atoms with Gasteiger partial charge < -0.3 is 9.80 Å². The summed E-state index contributed by atoms with van der Waals surface area (Å²) in [6, 6.07) is 4.10. The summed E-state index contributed by atoms with van der Waals surface area (Å²) in [4.78, 5) is 17.8. The number of hydrogen-bond acceptors (Lipinski definition) is 3. The van der Waals surface area contributed by atoms with E-state index in [1.54, 1.807) is 0 Å². The van der Waals surface area contributed by atoms with Crippen LogP contribution in [0.15, 0.2) is 29.2 Å². The Morgan fingerprint density at radius 1 is 1.52 bits per heavy atom. The molecule has 1 atom stereocenters. The first-order valence-corrected chi connectivity index (χ1v) is 8.69. The van der Waals surface area contributed by atoms with Gasteiger partial charge in [0.15, 0.2) is 0 Å².